The number of alkyl halides is 1. The zero-order chi connectivity index (χ0) is 28.8. The summed E-state index contributed by atoms with van der Waals surface area (Å²) in [6.07, 6.45) is 0.306. The van der Waals surface area contributed by atoms with Gasteiger partial charge >= 0.3 is 0 Å². The summed E-state index contributed by atoms with van der Waals surface area (Å²) < 4.78 is 6.57. The molecule has 5 rings (SSSR count). The maximum Gasteiger partial charge on any atom is 0.250 e. The predicted molar refractivity (Wildman–Crippen MR) is 156 cm³/mol. The number of nitrogens with one attached hydrogen (secondary N) is 2. The number of hydrogen-bond acceptors (Lipinski definition) is 5. The SMILES string of the molecule is Cc1cccc(Cl)c1NC(=O)C1N([C@@H](CO)CC(C)C)C(=O)[C@@H]2[C@H](C(=O)NCc3ccccc3)[C@H]3OC12CC3Br. The highest BCUT2D eigenvalue weighted by molar-refractivity contribution is 9.09. The summed E-state index contributed by atoms with van der Waals surface area (Å²) in [5, 5.41) is 16.7. The van der Waals surface area contributed by atoms with Crippen LogP contribution in [0.2, 0.25) is 5.02 Å². The third-order valence-corrected chi connectivity index (χ3v) is 9.57. The van der Waals surface area contributed by atoms with E-state index in [1.165, 1.54) is 4.90 Å². The number of benzene rings is 2. The molecule has 2 aromatic rings. The number of amides is 3. The Balaban J connectivity index is 1.52. The monoisotopic (exact) mass is 631 g/mol. The van der Waals surface area contributed by atoms with Gasteiger partial charge < -0.3 is 25.4 Å². The van der Waals surface area contributed by atoms with Crippen molar-refractivity contribution in [1.29, 1.82) is 0 Å². The largest absolute Gasteiger partial charge is 0.394 e. The van der Waals surface area contributed by atoms with E-state index in [4.69, 9.17) is 16.3 Å². The van der Waals surface area contributed by atoms with E-state index in [0.717, 1.165) is 11.1 Å². The number of aryl methyl sites for hydroxylation is 1. The van der Waals surface area contributed by atoms with Crippen molar-refractivity contribution in [1.82, 2.24) is 10.2 Å². The molecule has 0 aliphatic carbocycles. The van der Waals surface area contributed by atoms with Crippen molar-refractivity contribution in [3.8, 4) is 0 Å². The van der Waals surface area contributed by atoms with Crippen LogP contribution in [0.25, 0.3) is 0 Å². The molecule has 3 unspecified atom stereocenters. The molecule has 3 heterocycles. The molecular weight excluding hydrogens is 598 g/mol. The van der Waals surface area contributed by atoms with Crippen molar-refractivity contribution >= 4 is 50.9 Å². The van der Waals surface area contributed by atoms with E-state index in [1.54, 1.807) is 12.1 Å². The molecule has 2 aromatic carbocycles. The lowest BCUT2D eigenvalue weighted by Crippen LogP contribution is -2.57. The zero-order valence-electron chi connectivity index (χ0n) is 22.8. The van der Waals surface area contributed by atoms with E-state index in [-0.39, 0.29) is 29.2 Å². The molecular formula is C30H35BrClN3O5. The molecule has 3 fully saturated rings. The summed E-state index contributed by atoms with van der Waals surface area (Å²) >= 11 is 10.1. The Morgan fingerprint density at radius 1 is 1.18 bits per heavy atom. The number of anilines is 1. The number of hydrogen-bond donors (Lipinski definition) is 3. The molecule has 0 aromatic heterocycles. The van der Waals surface area contributed by atoms with Crippen LogP contribution in [0.5, 0.6) is 0 Å². The Labute approximate surface area is 247 Å². The van der Waals surface area contributed by atoms with Crippen LogP contribution in [0.3, 0.4) is 0 Å². The third-order valence-electron chi connectivity index (χ3n) is 8.41. The highest BCUT2D eigenvalue weighted by Gasteiger charge is 2.77. The second kappa shape index (κ2) is 11.4. The fourth-order valence-corrected chi connectivity index (χ4v) is 7.98. The molecule has 10 heteroatoms. The van der Waals surface area contributed by atoms with Crippen LogP contribution in [-0.4, -0.2) is 63.0 Å². The highest BCUT2D eigenvalue weighted by atomic mass is 79.9. The number of likely N-dealkylation sites (tertiary alicyclic amines) is 1. The summed E-state index contributed by atoms with van der Waals surface area (Å²) in [6, 6.07) is 13.2. The molecule has 2 bridgehead atoms. The minimum Gasteiger partial charge on any atom is -0.394 e. The fourth-order valence-electron chi connectivity index (χ4n) is 6.76. The Morgan fingerprint density at radius 2 is 1.90 bits per heavy atom. The van der Waals surface area contributed by atoms with Gasteiger partial charge in [0, 0.05) is 11.4 Å². The number of aliphatic hydroxyl groups is 1. The van der Waals surface area contributed by atoms with Crippen molar-refractivity contribution in [2.75, 3.05) is 11.9 Å². The van der Waals surface area contributed by atoms with E-state index in [0.29, 0.717) is 30.1 Å². The molecule has 3 saturated heterocycles. The average molecular weight is 633 g/mol. The van der Waals surface area contributed by atoms with Gasteiger partial charge in [-0.3, -0.25) is 14.4 Å². The van der Waals surface area contributed by atoms with Crippen molar-refractivity contribution in [2.45, 2.75) is 68.8 Å². The Morgan fingerprint density at radius 3 is 2.55 bits per heavy atom. The molecule has 0 saturated carbocycles. The van der Waals surface area contributed by atoms with Crippen molar-refractivity contribution in [2.24, 2.45) is 17.8 Å². The Hall–Kier alpha value is -2.46. The number of para-hydroxylation sites is 1. The maximum absolute atomic E-state index is 14.3. The lowest BCUT2D eigenvalue weighted by molar-refractivity contribution is -0.144. The average Bonchev–Trinajstić information content (AvgIpc) is 3.51. The summed E-state index contributed by atoms with van der Waals surface area (Å²) in [5.41, 5.74) is 0.953. The van der Waals surface area contributed by atoms with Gasteiger partial charge in [0.25, 0.3) is 0 Å². The number of halogens is 2. The molecule has 8 nitrogen and oxygen atoms in total. The normalized spacial score (nSPS) is 29.5. The minimum absolute atomic E-state index is 0.156. The molecule has 1 spiro atoms. The summed E-state index contributed by atoms with van der Waals surface area (Å²) in [6.45, 7) is 5.85. The highest BCUT2D eigenvalue weighted by Crippen LogP contribution is 2.60. The number of rotatable bonds is 9. The van der Waals surface area contributed by atoms with Gasteiger partial charge in [0.1, 0.15) is 11.6 Å². The Kier molecular flexibility index (Phi) is 8.30. The van der Waals surface area contributed by atoms with Gasteiger partial charge in [0.05, 0.1) is 41.3 Å². The molecule has 0 radical (unpaired) electrons. The molecule has 214 valence electrons. The van der Waals surface area contributed by atoms with Gasteiger partial charge in [0.2, 0.25) is 17.7 Å². The molecule has 3 aliphatic heterocycles. The lowest BCUT2D eigenvalue weighted by Gasteiger charge is -2.37. The standard InChI is InChI=1S/C30H35BrClN3O5/c1-16(2)12-19(15-36)35-26(28(38)34-24-17(3)8-7-11-21(24)32)30-13-20(31)25(40-30)22(23(30)29(35)39)27(37)33-14-18-9-5-4-6-10-18/h4-11,16,19-20,22-23,25-26,36H,12-15H2,1-3H3,(H,33,37)(H,34,38)/t19-,20?,22+,23+,25+,26?,30?/m1/s1. The molecule has 3 aliphatic rings. The molecule has 40 heavy (non-hydrogen) atoms. The quantitative estimate of drug-likeness (QED) is 0.362. The second-order valence-corrected chi connectivity index (χ2v) is 13.1. The van der Waals surface area contributed by atoms with Gasteiger partial charge in [-0.25, -0.2) is 0 Å². The van der Waals surface area contributed by atoms with E-state index in [1.807, 2.05) is 57.2 Å². The van der Waals surface area contributed by atoms with Gasteiger partial charge in [-0.1, -0.05) is 83.8 Å². The van der Waals surface area contributed by atoms with Crippen LogP contribution in [-0.2, 0) is 25.7 Å². The van der Waals surface area contributed by atoms with Crippen LogP contribution >= 0.6 is 27.5 Å². The molecule has 7 atom stereocenters. The van der Waals surface area contributed by atoms with Crippen LogP contribution in [0.4, 0.5) is 5.69 Å². The van der Waals surface area contributed by atoms with Gasteiger partial charge in [-0.05, 0) is 42.9 Å². The van der Waals surface area contributed by atoms with Gasteiger partial charge in [0.15, 0.2) is 0 Å². The first-order valence-corrected chi connectivity index (χ1v) is 15.0. The maximum atomic E-state index is 14.3. The molecule has 3 amide bonds. The lowest BCUT2D eigenvalue weighted by atomic mass is 9.70. The number of ether oxygens (including phenoxy) is 1. The van der Waals surface area contributed by atoms with Crippen molar-refractivity contribution < 1.29 is 24.2 Å². The van der Waals surface area contributed by atoms with Crippen LogP contribution in [0.15, 0.2) is 48.5 Å². The summed E-state index contributed by atoms with van der Waals surface area (Å²) in [7, 11) is 0. The van der Waals surface area contributed by atoms with Crippen molar-refractivity contribution in [3.63, 3.8) is 0 Å². The first kappa shape index (κ1) is 29.0. The van der Waals surface area contributed by atoms with Crippen LogP contribution < -0.4 is 10.6 Å². The smallest absolute Gasteiger partial charge is 0.250 e. The Bertz CT molecular complexity index is 1270. The predicted octanol–water partition coefficient (Wildman–Crippen LogP) is 4.06. The van der Waals surface area contributed by atoms with Gasteiger partial charge in [-0.15, -0.1) is 0 Å². The van der Waals surface area contributed by atoms with Crippen molar-refractivity contribution in [3.05, 3.63) is 64.7 Å². The van der Waals surface area contributed by atoms with E-state index in [2.05, 4.69) is 26.6 Å². The second-order valence-electron chi connectivity index (χ2n) is 11.5. The number of nitrogens with zero attached hydrogens (tertiary/aromatic N) is 1. The number of fused-ring (bicyclic) bond motifs is 1. The van der Waals surface area contributed by atoms with Gasteiger partial charge in [-0.2, -0.15) is 0 Å². The minimum atomic E-state index is -1.23. The van der Waals surface area contributed by atoms with Crippen LogP contribution in [0.1, 0.15) is 37.8 Å². The van der Waals surface area contributed by atoms with Crippen LogP contribution in [0, 0.1) is 24.7 Å². The fraction of sp³-hybridized carbons (Fsp3) is 0.500. The topological polar surface area (TPSA) is 108 Å². The first-order chi connectivity index (χ1) is 19.1. The zero-order valence-corrected chi connectivity index (χ0v) is 25.1. The first-order valence-electron chi connectivity index (χ1n) is 13.7. The van der Waals surface area contributed by atoms with E-state index < -0.39 is 41.5 Å². The number of carbonyl (C=O) groups excluding carboxylic acids is 3. The number of carbonyl (C=O) groups is 3. The number of aliphatic hydroxyl groups excluding tert-OH is 1. The molecule has 3 N–H and O–H groups in total. The van der Waals surface area contributed by atoms with E-state index >= 15 is 0 Å². The summed E-state index contributed by atoms with van der Waals surface area (Å²) in [4.78, 5) is 43.4. The third kappa shape index (κ3) is 4.95. The summed E-state index contributed by atoms with van der Waals surface area (Å²) in [5.74, 6) is -2.55. The van der Waals surface area contributed by atoms with E-state index in [9.17, 15) is 19.5 Å².